The first kappa shape index (κ1) is 15.9. The lowest BCUT2D eigenvalue weighted by Gasteiger charge is -2.07. The summed E-state index contributed by atoms with van der Waals surface area (Å²) < 4.78 is 20.2. The molecule has 1 heterocycles. The molecule has 1 aromatic heterocycles. The minimum Gasteiger partial charge on any atom is -0.477 e. The number of halogens is 1. The molecule has 21 heavy (non-hydrogen) atoms. The molecule has 0 aliphatic heterocycles. The SMILES string of the molecule is CC(C)CCCOCc1c(C(=O)O)sc2cccc(F)c12. The number of hydrogen-bond donors (Lipinski definition) is 1. The zero-order valence-electron chi connectivity index (χ0n) is 12.2. The van der Waals surface area contributed by atoms with E-state index in [0.717, 1.165) is 24.2 Å². The van der Waals surface area contributed by atoms with Gasteiger partial charge in [-0.25, -0.2) is 9.18 Å². The minimum atomic E-state index is -1.03. The van der Waals surface area contributed by atoms with E-state index in [2.05, 4.69) is 13.8 Å². The Morgan fingerprint density at radius 2 is 2.19 bits per heavy atom. The number of carboxylic acids is 1. The van der Waals surface area contributed by atoms with Gasteiger partial charge in [-0.1, -0.05) is 19.9 Å². The van der Waals surface area contributed by atoms with Crippen molar-refractivity contribution in [2.75, 3.05) is 6.61 Å². The van der Waals surface area contributed by atoms with Crippen LogP contribution in [0.15, 0.2) is 18.2 Å². The molecule has 3 nitrogen and oxygen atoms in total. The summed E-state index contributed by atoms with van der Waals surface area (Å²) in [5, 5.41) is 9.64. The van der Waals surface area contributed by atoms with Crippen molar-refractivity contribution in [3.63, 3.8) is 0 Å². The highest BCUT2D eigenvalue weighted by Gasteiger charge is 2.20. The highest BCUT2D eigenvalue weighted by Crippen LogP contribution is 2.33. The Labute approximate surface area is 127 Å². The smallest absolute Gasteiger partial charge is 0.346 e. The van der Waals surface area contributed by atoms with E-state index >= 15 is 0 Å². The second kappa shape index (κ2) is 7.00. The molecule has 1 aromatic carbocycles. The standard InChI is InChI=1S/C16H19FO3S/c1-10(2)5-4-8-20-9-11-14-12(17)6-3-7-13(14)21-15(11)16(18)19/h3,6-7,10H,4-5,8-9H2,1-2H3,(H,18,19). The van der Waals surface area contributed by atoms with Crippen LogP contribution in [0.4, 0.5) is 4.39 Å². The van der Waals surface area contributed by atoms with Gasteiger partial charge in [0.05, 0.1) is 6.61 Å². The Kier molecular flexibility index (Phi) is 5.31. The summed E-state index contributed by atoms with van der Waals surface area (Å²) in [5.41, 5.74) is 0.449. The van der Waals surface area contributed by atoms with E-state index in [1.54, 1.807) is 12.1 Å². The lowest BCUT2D eigenvalue weighted by atomic mass is 10.1. The van der Waals surface area contributed by atoms with Crippen molar-refractivity contribution in [2.24, 2.45) is 5.92 Å². The molecule has 0 aliphatic rings. The predicted octanol–water partition coefficient (Wildman–Crippen LogP) is 4.69. The molecular weight excluding hydrogens is 291 g/mol. The Balaban J connectivity index is 2.17. The fourth-order valence-corrected chi connectivity index (χ4v) is 3.31. The van der Waals surface area contributed by atoms with Crippen LogP contribution in [-0.2, 0) is 11.3 Å². The van der Waals surface area contributed by atoms with Gasteiger partial charge >= 0.3 is 5.97 Å². The van der Waals surface area contributed by atoms with E-state index in [0.29, 0.717) is 28.2 Å². The number of hydrogen-bond acceptors (Lipinski definition) is 3. The number of benzene rings is 1. The third kappa shape index (κ3) is 3.80. The van der Waals surface area contributed by atoms with Crippen molar-refractivity contribution in [3.8, 4) is 0 Å². The summed E-state index contributed by atoms with van der Waals surface area (Å²) in [4.78, 5) is 11.5. The van der Waals surface area contributed by atoms with Gasteiger partial charge in [0, 0.05) is 22.3 Å². The highest BCUT2D eigenvalue weighted by atomic mass is 32.1. The first-order valence-electron chi connectivity index (χ1n) is 7.01. The maximum absolute atomic E-state index is 14.0. The van der Waals surface area contributed by atoms with Crippen LogP contribution in [0.5, 0.6) is 0 Å². The third-order valence-corrected chi connectivity index (χ3v) is 4.46. The van der Waals surface area contributed by atoms with E-state index in [-0.39, 0.29) is 11.5 Å². The van der Waals surface area contributed by atoms with Crippen LogP contribution in [0.3, 0.4) is 0 Å². The maximum Gasteiger partial charge on any atom is 0.346 e. The lowest BCUT2D eigenvalue weighted by molar-refractivity contribution is 0.0693. The van der Waals surface area contributed by atoms with Crippen molar-refractivity contribution in [1.82, 2.24) is 0 Å². The maximum atomic E-state index is 14.0. The quantitative estimate of drug-likeness (QED) is 0.755. The largest absolute Gasteiger partial charge is 0.477 e. The Morgan fingerprint density at radius 3 is 2.86 bits per heavy atom. The van der Waals surface area contributed by atoms with E-state index in [9.17, 15) is 14.3 Å². The highest BCUT2D eigenvalue weighted by molar-refractivity contribution is 7.21. The molecular formula is C16H19FO3S. The van der Waals surface area contributed by atoms with Crippen molar-refractivity contribution in [2.45, 2.75) is 33.3 Å². The monoisotopic (exact) mass is 310 g/mol. The summed E-state index contributed by atoms with van der Waals surface area (Å²) in [6.45, 7) is 4.98. The van der Waals surface area contributed by atoms with Gasteiger partial charge in [0.1, 0.15) is 10.7 Å². The first-order chi connectivity index (χ1) is 10.0. The molecule has 0 saturated carbocycles. The van der Waals surface area contributed by atoms with Crippen LogP contribution in [0.1, 0.15) is 41.9 Å². The minimum absolute atomic E-state index is 0.140. The number of carbonyl (C=O) groups is 1. The van der Waals surface area contributed by atoms with E-state index < -0.39 is 11.8 Å². The molecule has 0 atom stereocenters. The Hall–Kier alpha value is -1.46. The summed E-state index contributed by atoms with van der Waals surface area (Å²) in [6, 6.07) is 4.67. The molecule has 0 unspecified atom stereocenters. The molecule has 1 N–H and O–H groups in total. The fourth-order valence-electron chi connectivity index (χ4n) is 2.25. The van der Waals surface area contributed by atoms with Gasteiger partial charge in [-0.2, -0.15) is 0 Å². The van der Waals surface area contributed by atoms with Crippen molar-refractivity contribution in [3.05, 3.63) is 34.5 Å². The number of ether oxygens (including phenoxy) is 1. The average molecular weight is 310 g/mol. The van der Waals surface area contributed by atoms with Crippen LogP contribution < -0.4 is 0 Å². The zero-order chi connectivity index (χ0) is 15.4. The molecule has 114 valence electrons. The second-order valence-electron chi connectivity index (χ2n) is 5.42. The Bertz CT molecular complexity index is 634. The van der Waals surface area contributed by atoms with Gasteiger partial charge < -0.3 is 9.84 Å². The molecule has 0 saturated heterocycles. The Morgan fingerprint density at radius 1 is 1.43 bits per heavy atom. The van der Waals surface area contributed by atoms with Crippen molar-refractivity contribution in [1.29, 1.82) is 0 Å². The van der Waals surface area contributed by atoms with Gasteiger partial charge in [-0.15, -0.1) is 11.3 Å². The molecule has 0 fully saturated rings. The molecule has 0 bridgehead atoms. The van der Waals surface area contributed by atoms with Crippen molar-refractivity contribution < 1.29 is 19.0 Å². The molecule has 2 aromatic rings. The number of thiophene rings is 1. The molecule has 0 radical (unpaired) electrons. The average Bonchev–Trinajstić information content (AvgIpc) is 2.78. The molecule has 5 heteroatoms. The van der Waals surface area contributed by atoms with Crippen LogP contribution in [-0.4, -0.2) is 17.7 Å². The van der Waals surface area contributed by atoms with Gasteiger partial charge in [0.25, 0.3) is 0 Å². The summed E-state index contributed by atoms with van der Waals surface area (Å²) in [6.07, 6.45) is 1.98. The van der Waals surface area contributed by atoms with Gasteiger partial charge in [0.15, 0.2) is 0 Å². The second-order valence-corrected chi connectivity index (χ2v) is 6.47. The van der Waals surface area contributed by atoms with E-state index in [1.165, 1.54) is 6.07 Å². The zero-order valence-corrected chi connectivity index (χ0v) is 13.0. The molecule has 0 spiro atoms. The van der Waals surface area contributed by atoms with Crippen LogP contribution in [0, 0.1) is 11.7 Å². The van der Waals surface area contributed by atoms with Crippen LogP contribution >= 0.6 is 11.3 Å². The fraction of sp³-hybridized carbons (Fsp3) is 0.438. The molecule has 0 aliphatic carbocycles. The van der Waals surface area contributed by atoms with E-state index in [4.69, 9.17) is 4.74 Å². The molecule has 2 rings (SSSR count). The van der Waals surface area contributed by atoms with Gasteiger partial charge in [0.2, 0.25) is 0 Å². The number of carboxylic acid groups (broad SMARTS) is 1. The number of aromatic carboxylic acids is 1. The van der Waals surface area contributed by atoms with Crippen LogP contribution in [0.25, 0.3) is 10.1 Å². The summed E-state index contributed by atoms with van der Waals surface area (Å²) >= 11 is 1.10. The van der Waals surface area contributed by atoms with Gasteiger partial charge in [-0.3, -0.25) is 0 Å². The summed E-state index contributed by atoms with van der Waals surface area (Å²) in [7, 11) is 0. The normalized spacial score (nSPS) is 11.4. The number of rotatable bonds is 7. The number of fused-ring (bicyclic) bond motifs is 1. The lowest BCUT2D eigenvalue weighted by Crippen LogP contribution is -2.02. The van der Waals surface area contributed by atoms with Crippen molar-refractivity contribution >= 4 is 27.4 Å². The predicted molar refractivity (Wildman–Crippen MR) is 82.5 cm³/mol. The first-order valence-corrected chi connectivity index (χ1v) is 7.83. The van der Waals surface area contributed by atoms with Crippen LogP contribution in [0.2, 0.25) is 0 Å². The van der Waals surface area contributed by atoms with Gasteiger partial charge in [-0.05, 0) is 30.9 Å². The molecule has 0 amide bonds. The van der Waals surface area contributed by atoms with E-state index in [1.807, 2.05) is 0 Å². The summed E-state index contributed by atoms with van der Waals surface area (Å²) in [5.74, 6) is -0.809. The third-order valence-electron chi connectivity index (χ3n) is 3.27. The topological polar surface area (TPSA) is 46.5 Å².